The lowest BCUT2D eigenvalue weighted by Gasteiger charge is -2.05. The fourth-order valence-corrected chi connectivity index (χ4v) is 1.20. The molecule has 0 saturated carbocycles. The van der Waals surface area contributed by atoms with Crippen LogP contribution >= 0.6 is 0 Å². The molecule has 1 heterocycles. The largest absolute Gasteiger partial charge is 0.619 e. The first-order valence-corrected chi connectivity index (χ1v) is 4.78. The number of aryl methyl sites for hydroxylation is 2. The van der Waals surface area contributed by atoms with Gasteiger partial charge in [0, 0.05) is 18.6 Å². The summed E-state index contributed by atoms with van der Waals surface area (Å²) in [6, 6.07) is 3.91. The number of nitrogens with zero attached hydrogens (tertiary/aromatic N) is 1. The van der Waals surface area contributed by atoms with Crippen molar-refractivity contribution >= 4 is 0 Å². The van der Waals surface area contributed by atoms with Gasteiger partial charge in [-0.05, 0) is 24.8 Å². The Labute approximate surface area is 79.8 Å². The van der Waals surface area contributed by atoms with Crippen LogP contribution in [0.5, 0.6) is 0 Å². The van der Waals surface area contributed by atoms with Gasteiger partial charge in [-0.3, -0.25) is 0 Å². The Hall–Kier alpha value is -1.05. The molecule has 0 N–H and O–H groups in total. The van der Waals surface area contributed by atoms with Crippen LogP contribution in [0.3, 0.4) is 0 Å². The van der Waals surface area contributed by atoms with Crippen molar-refractivity contribution in [3.8, 4) is 0 Å². The zero-order chi connectivity index (χ0) is 9.84. The molecule has 1 aromatic heterocycles. The van der Waals surface area contributed by atoms with Crippen LogP contribution in [0, 0.1) is 18.0 Å². The third-order valence-electron chi connectivity index (χ3n) is 2.18. The van der Waals surface area contributed by atoms with E-state index in [1.165, 1.54) is 0 Å². The van der Waals surface area contributed by atoms with Crippen molar-refractivity contribution in [3.63, 3.8) is 0 Å². The van der Waals surface area contributed by atoms with Gasteiger partial charge >= 0.3 is 0 Å². The van der Waals surface area contributed by atoms with Gasteiger partial charge in [0.05, 0.1) is 0 Å². The molecule has 0 bridgehead atoms. The van der Waals surface area contributed by atoms with Crippen LogP contribution in [0.25, 0.3) is 0 Å². The van der Waals surface area contributed by atoms with Crippen LogP contribution < -0.4 is 4.73 Å². The SMILES string of the molecule is Cc1ccc(CCC(C)C)c[n+]1[O-]. The molecule has 0 spiro atoms. The molecule has 2 nitrogen and oxygen atoms in total. The predicted octanol–water partition coefficient (Wildman–Crippen LogP) is 2.22. The summed E-state index contributed by atoms with van der Waals surface area (Å²) >= 11 is 0. The minimum absolute atomic E-state index is 0.696. The molecule has 0 aromatic carbocycles. The smallest absolute Gasteiger partial charge is 0.189 e. The van der Waals surface area contributed by atoms with E-state index >= 15 is 0 Å². The van der Waals surface area contributed by atoms with Gasteiger partial charge in [-0.1, -0.05) is 13.8 Å². The molecule has 1 aromatic rings. The van der Waals surface area contributed by atoms with E-state index < -0.39 is 0 Å². The summed E-state index contributed by atoms with van der Waals surface area (Å²) in [7, 11) is 0. The predicted molar refractivity (Wildman–Crippen MR) is 53.3 cm³/mol. The van der Waals surface area contributed by atoms with Gasteiger partial charge in [-0.15, -0.1) is 0 Å². The number of rotatable bonds is 3. The molecule has 0 aliphatic heterocycles. The number of hydrogen-bond acceptors (Lipinski definition) is 1. The normalized spacial score (nSPS) is 10.8. The number of aromatic nitrogens is 1. The van der Waals surface area contributed by atoms with E-state index in [2.05, 4.69) is 13.8 Å². The summed E-state index contributed by atoms with van der Waals surface area (Å²) in [6.45, 7) is 6.21. The van der Waals surface area contributed by atoms with E-state index in [1.54, 1.807) is 6.20 Å². The lowest BCUT2D eigenvalue weighted by molar-refractivity contribution is -0.612. The van der Waals surface area contributed by atoms with Crippen molar-refractivity contribution in [1.29, 1.82) is 0 Å². The lowest BCUT2D eigenvalue weighted by Crippen LogP contribution is -2.29. The van der Waals surface area contributed by atoms with E-state index in [1.807, 2.05) is 19.1 Å². The molecule has 1 rings (SSSR count). The van der Waals surface area contributed by atoms with Crippen LogP contribution in [-0.4, -0.2) is 0 Å². The number of hydrogen-bond donors (Lipinski definition) is 0. The fourth-order valence-electron chi connectivity index (χ4n) is 1.20. The van der Waals surface area contributed by atoms with Crippen molar-refractivity contribution in [2.75, 3.05) is 0 Å². The third-order valence-corrected chi connectivity index (χ3v) is 2.18. The van der Waals surface area contributed by atoms with Crippen LogP contribution in [0.1, 0.15) is 31.5 Å². The fraction of sp³-hybridized carbons (Fsp3) is 0.545. The second-order valence-corrected chi connectivity index (χ2v) is 3.94. The Balaban J connectivity index is 2.63. The molecule has 0 radical (unpaired) electrons. The van der Waals surface area contributed by atoms with Gasteiger partial charge in [0.1, 0.15) is 0 Å². The van der Waals surface area contributed by atoms with Gasteiger partial charge in [0.15, 0.2) is 11.9 Å². The van der Waals surface area contributed by atoms with E-state index in [4.69, 9.17) is 0 Å². The second kappa shape index (κ2) is 4.26. The summed E-state index contributed by atoms with van der Waals surface area (Å²) in [6.07, 6.45) is 3.82. The van der Waals surface area contributed by atoms with Crippen molar-refractivity contribution in [2.24, 2.45) is 5.92 Å². The van der Waals surface area contributed by atoms with E-state index in [-0.39, 0.29) is 0 Å². The molecule has 0 unspecified atom stereocenters. The summed E-state index contributed by atoms with van der Waals surface area (Å²) in [5, 5.41) is 11.2. The molecule has 72 valence electrons. The minimum Gasteiger partial charge on any atom is -0.619 e. The van der Waals surface area contributed by atoms with Crippen LogP contribution in [-0.2, 0) is 6.42 Å². The first-order valence-electron chi connectivity index (χ1n) is 4.78. The monoisotopic (exact) mass is 179 g/mol. The summed E-state index contributed by atoms with van der Waals surface area (Å²) in [4.78, 5) is 0. The highest BCUT2D eigenvalue weighted by Gasteiger charge is 2.02. The Morgan fingerprint density at radius 3 is 2.62 bits per heavy atom. The maximum absolute atomic E-state index is 11.2. The Morgan fingerprint density at radius 2 is 2.08 bits per heavy atom. The third kappa shape index (κ3) is 3.05. The maximum Gasteiger partial charge on any atom is 0.189 e. The van der Waals surface area contributed by atoms with Crippen molar-refractivity contribution in [1.82, 2.24) is 0 Å². The van der Waals surface area contributed by atoms with Gasteiger partial charge < -0.3 is 5.21 Å². The van der Waals surface area contributed by atoms with Gasteiger partial charge in [0.2, 0.25) is 0 Å². The molecule has 0 aliphatic carbocycles. The second-order valence-electron chi connectivity index (χ2n) is 3.94. The summed E-state index contributed by atoms with van der Waals surface area (Å²) in [5.41, 5.74) is 1.89. The molecule has 0 saturated heterocycles. The van der Waals surface area contributed by atoms with Crippen molar-refractivity contribution in [3.05, 3.63) is 34.8 Å². The molecule has 2 heteroatoms. The molecule has 0 aliphatic rings. The molecule has 0 fully saturated rings. The molecule has 0 amide bonds. The maximum atomic E-state index is 11.2. The summed E-state index contributed by atoms with van der Waals surface area (Å²) in [5.74, 6) is 0.696. The summed E-state index contributed by atoms with van der Waals surface area (Å²) < 4.78 is 0.940. The van der Waals surface area contributed by atoms with E-state index in [0.29, 0.717) is 5.92 Å². The molecular weight excluding hydrogens is 162 g/mol. The van der Waals surface area contributed by atoms with Gasteiger partial charge in [-0.25, -0.2) is 0 Å². The zero-order valence-electron chi connectivity index (χ0n) is 8.58. The Morgan fingerprint density at radius 1 is 1.38 bits per heavy atom. The van der Waals surface area contributed by atoms with Crippen molar-refractivity contribution < 1.29 is 4.73 Å². The first-order chi connectivity index (χ1) is 6.09. The van der Waals surface area contributed by atoms with Crippen molar-refractivity contribution in [2.45, 2.75) is 33.6 Å². The van der Waals surface area contributed by atoms with Gasteiger partial charge in [0.25, 0.3) is 0 Å². The van der Waals surface area contributed by atoms with E-state index in [0.717, 1.165) is 28.8 Å². The highest BCUT2D eigenvalue weighted by Crippen LogP contribution is 2.07. The quantitative estimate of drug-likeness (QED) is 0.516. The topological polar surface area (TPSA) is 26.9 Å². The van der Waals surface area contributed by atoms with Gasteiger partial charge in [-0.2, -0.15) is 4.73 Å². The van der Waals surface area contributed by atoms with Crippen LogP contribution in [0.2, 0.25) is 0 Å². The van der Waals surface area contributed by atoms with Crippen LogP contribution in [0.4, 0.5) is 0 Å². The number of pyridine rings is 1. The molecule has 0 atom stereocenters. The first kappa shape index (κ1) is 10.0. The van der Waals surface area contributed by atoms with E-state index in [9.17, 15) is 5.21 Å². The average Bonchev–Trinajstić information content (AvgIpc) is 2.07. The zero-order valence-corrected chi connectivity index (χ0v) is 8.58. The standard InChI is InChI=1S/C11H17NO/c1-9(2)4-6-11-7-5-10(3)12(13)8-11/h5,7-9H,4,6H2,1-3H3. The Kier molecular flexibility index (Phi) is 3.29. The minimum atomic E-state index is 0.696. The lowest BCUT2D eigenvalue weighted by atomic mass is 10.0. The average molecular weight is 179 g/mol. The molecular formula is C11H17NO. The van der Waals surface area contributed by atoms with Crippen LogP contribution in [0.15, 0.2) is 18.3 Å². The highest BCUT2D eigenvalue weighted by molar-refractivity contribution is 5.09. The highest BCUT2D eigenvalue weighted by atomic mass is 16.5. The molecule has 13 heavy (non-hydrogen) atoms. The Bertz CT molecular complexity index is 281.